The molecule has 2 rings (SSSR count). The van der Waals surface area contributed by atoms with E-state index in [0.717, 1.165) is 6.42 Å². The number of hydrazine groups is 1. The summed E-state index contributed by atoms with van der Waals surface area (Å²) in [5.74, 6) is 5.55. The first-order valence-electron chi connectivity index (χ1n) is 4.99. The quantitative estimate of drug-likeness (QED) is 0.671. The van der Waals surface area contributed by atoms with Gasteiger partial charge in [-0.05, 0) is 34.9 Å². The van der Waals surface area contributed by atoms with Crippen LogP contribution >= 0.6 is 34.5 Å². The van der Waals surface area contributed by atoms with E-state index in [1.165, 1.54) is 5.56 Å². The predicted molar refractivity (Wildman–Crippen MR) is 72.3 cm³/mol. The molecular formula is C11H11Cl2N3S. The highest BCUT2D eigenvalue weighted by molar-refractivity contribution is 7.07. The average Bonchev–Trinajstić information content (AvgIpc) is 2.79. The number of nitrogens with zero attached hydrogens (tertiary/aromatic N) is 1. The molecule has 90 valence electrons. The van der Waals surface area contributed by atoms with Crippen molar-refractivity contribution in [2.24, 2.45) is 5.84 Å². The molecule has 17 heavy (non-hydrogen) atoms. The molecule has 0 saturated carbocycles. The second-order valence-corrected chi connectivity index (χ2v) is 5.20. The van der Waals surface area contributed by atoms with Gasteiger partial charge < -0.3 is 0 Å². The summed E-state index contributed by atoms with van der Waals surface area (Å²) in [6.07, 6.45) is 2.31. The molecule has 2 aromatic heterocycles. The Morgan fingerprint density at radius 1 is 1.47 bits per heavy atom. The van der Waals surface area contributed by atoms with Gasteiger partial charge in [0.25, 0.3) is 0 Å². The van der Waals surface area contributed by atoms with Gasteiger partial charge >= 0.3 is 0 Å². The van der Waals surface area contributed by atoms with Crippen LogP contribution in [-0.4, -0.2) is 4.98 Å². The van der Waals surface area contributed by atoms with Crippen molar-refractivity contribution in [3.05, 3.63) is 50.4 Å². The summed E-state index contributed by atoms with van der Waals surface area (Å²) in [6.45, 7) is 0. The largest absolute Gasteiger partial charge is 0.271 e. The lowest BCUT2D eigenvalue weighted by Crippen LogP contribution is -2.30. The van der Waals surface area contributed by atoms with Crippen LogP contribution in [0.1, 0.15) is 17.3 Å². The molecule has 1 unspecified atom stereocenters. The van der Waals surface area contributed by atoms with E-state index in [1.54, 1.807) is 23.6 Å². The van der Waals surface area contributed by atoms with Crippen molar-refractivity contribution in [2.75, 3.05) is 0 Å². The smallest absolute Gasteiger partial charge is 0.0777 e. The second-order valence-electron chi connectivity index (χ2n) is 3.58. The number of nitrogens with one attached hydrogen (secondary N) is 1. The Bertz CT molecular complexity index is 487. The van der Waals surface area contributed by atoms with E-state index in [9.17, 15) is 0 Å². The Morgan fingerprint density at radius 2 is 2.29 bits per heavy atom. The van der Waals surface area contributed by atoms with Crippen LogP contribution in [0, 0.1) is 0 Å². The second kappa shape index (κ2) is 5.80. The Labute approximate surface area is 114 Å². The molecule has 3 nitrogen and oxygen atoms in total. The first-order valence-corrected chi connectivity index (χ1v) is 6.68. The van der Waals surface area contributed by atoms with E-state index in [4.69, 9.17) is 29.0 Å². The molecule has 0 fully saturated rings. The fourth-order valence-corrected chi connectivity index (χ4v) is 2.75. The summed E-state index contributed by atoms with van der Waals surface area (Å²) in [6, 6.07) is 3.61. The maximum atomic E-state index is 6.10. The summed E-state index contributed by atoms with van der Waals surface area (Å²) in [4.78, 5) is 4.23. The topological polar surface area (TPSA) is 50.9 Å². The van der Waals surface area contributed by atoms with Crippen molar-refractivity contribution in [1.29, 1.82) is 0 Å². The third kappa shape index (κ3) is 3.18. The lowest BCUT2D eigenvalue weighted by molar-refractivity contribution is 0.539. The van der Waals surface area contributed by atoms with Crippen molar-refractivity contribution in [2.45, 2.75) is 12.5 Å². The van der Waals surface area contributed by atoms with Gasteiger partial charge in [0.1, 0.15) is 0 Å². The van der Waals surface area contributed by atoms with Crippen LogP contribution in [0.2, 0.25) is 10.0 Å². The number of pyridine rings is 1. The van der Waals surface area contributed by atoms with E-state index in [0.29, 0.717) is 15.7 Å². The minimum absolute atomic E-state index is 0.116. The molecular weight excluding hydrogens is 277 g/mol. The SMILES string of the molecule is NNC(Cc1ccsc1)c1ncc(Cl)cc1Cl. The zero-order valence-corrected chi connectivity index (χ0v) is 11.2. The molecule has 0 aliphatic rings. The highest BCUT2D eigenvalue weighted by Gasteiger charge is 2.16. The molecule has 6 heteroatoms. The minimum atomic E-state index is -0.116. The molecule has 0 bridgehead atoms. The highest BCUT2D eigenvalue weighted by atomic mass is 35.5. The third-order valence-electron chi connectivity index (χ3n) is 2.39. The van der Waals surface area contributed by atoms with Gasteiger partial charge in [0, 0.05) is 6.20 Å². The van der Waals surface area contributed by atoms with Crippen LogP contribution in [0.25, 0.3) is 0 Å². The lowest BCUT2D eigenvalue weighted by atomic mass is 10.1. The summed E-state index contributed by atoms with van der Waals surface area (Å²) >= 11 is 13.6. The fraction of sp³-hybridized carbons (Fsp3) is 0.182. The molecule has 2 heterocycles. The van der Waals surface area contributed by atoms with Crippen molar-refractivity contribution in [3.63, 3.8) is 0 Å². The Balaban J connectivity index is 2.23. The molecule has 3 N–H and O–H groups in total. The van der Waals surface area contributed by atoms with E-state index < -0.39 is 0 Å². The van der Waals surface area contributed by atoms with Crippen molar-refractivity contribution in [3.8, 4) is 0 Å². The zero-order valence-electron chi connectivity index (χ0n) is 8.86. The monoisotopic (exact) mass is 287 g/mol. The third-order valence-corrected chi connectivity index (χ3v) is 3.63. The number of hydrogen-bond donors (Lipinski definition) is 2. The number of halogens is 2. The first-order chi connectivity index (χ1) is 8.20. The van der Waals surface area contributed by atoms with Gasteiger partial charge in [0.15, 0.2) is 0 Å². The van der Waals surface area contributed by atoms with Crippen molar-refractivity contribution < 1.29 is 0 Å². The maximum Gasteiger partial charge on any atom is 0.0777 e. The Hall–Kier alpha value is -0.650. The van der Waals surface area contributed by atoms with Crippen molar-refractivity contribution in [1.82, 2.24) is 10.4 Å². The van der Waals surface area contributed by atoms with E-state index in [2.05, 4.69) is 21.9 Å². The maximum absolute atomic E-state index is 6.10. The predicted octanol–water partition coefficient (Wildman–Crippen LogP) is 3.20. The van der Waals surface area contributed by atoms with Gasteiger partial charge in [-0.1, -0.05) is 23.2 Å². The normalized spacial score (nSPS) is 12.6. The first kappa shape index (κ1) is 12.8. The number of aromatic nitrogens is 1. The van der Waals surface area contributed by atoms with Crippen LogP contribution in [0.3, 0.4) is 0 Å². The molecule has 0 aliphatic carbocycles. The van der Waals surface area contributed by atoms with Crippen LogP contribution in [0.5, 0.6) is 0 Å². The number of thiophene rings is 1. The van der Waals surface area contributed by atoms with Crippen LogP contribution < -0.4 is 11.3 Å². The van der Waals surface area contributed by atoms with Crippen LogP contribution in [0.15, 0.2) is 29.1 Å². The fourth-order valence-electron chi connectivity index (χ4n) is 1.56. The summed E-state index contributed by atoms with van der Waals surface area (Å²) in [5, 5.41) is 5.15. The molecule has 0 radical (unpaired) electrons. The molecule has 0 aliphatic heterocycles. The van der Waals surface area contributed by atoms with Crippen molar-refractivity contribution >= 4 is 34.5 Å². The minimum Gasteiger partial charge on any atom is -0.271 e. The molecule has 2 aromatic rings. The van der Waals surface area contributed by atoms with Crippen LogP contribution in [-0.2, 0) is 6.42 Å². The molecule has 0 amide bonds. The van der Waals surface area contributed by atoms with Crippen LogP contribution in [0.4, 0.5) is 0 Å². The summed E-state index contributed by atoms with van der Waals surface area (Å²) in [5.41, 5.74) is 4.64. The van der Waals surface area contributed by atoms with Gasteiger partial charge in [0.2, 0.25) is 0 Å². The highest BCUT2D eigenvalue weighted by Crippen LogP contribution is 2.26. The van der Waals surface area contributed by atoms with E-state index in [1.807, 2.05) is 5.38 Å². The molecule has 0 aromatic carbocycles. The van der Waals surface area contributed by atoms with Gasteiger partial charge in [-0.25, -0.2) is 0 Å². The number of nitrogens with two attached hydrogens (primary N) is 1. The summed E-state index contributed by atoms with van der Waals surface area (Å²) < 4.78 is 0. The lowest BCUT2D eigenvalue weighted by Gasteiger charge is -2.16. The molecule has 1 atom stereocenters. The standard InChI is InChI=1S/C11H11Cl2N3S/c12-8-4-9(13)11(15-5-8)10(16-14)3-7-1-2-17-6-7/h1-2,4-6,10,16H,3,14H2. The van der Waals surface area contributed by atoms with Gasteiger partial charge in [-0.3, -0.25) is 16.3 Å². The van der Waals surface area contributed by atoms with Gasteiger partial charge in [-0.15, -0.1) is 0 Å². The summed E-state index contributed by atoms with van der Waals surface area (Å²) in [7, 11) is 0. The number of rotatable bonds is 4. The average molecular weight is 288 g/mol. The molecule has 0 saturated heterocycles. The van der Waals surface area contributed by atoms with E-state index >= 15 is 0 Å². The van der Waals surface area contributed by atoms with E-state index in [-0.39, 0.29) is 6.04 Å². The van der Waals surface area contributed by atoms with Gasteiger partial charge in [0.05, 0.1) is 21.8 Å². The van der Waals surface area contributed by atoms with Gasteiger partial charge in [-0.2, -0.15) is 11.3 Å². The molecule has 0 spiro atoms. The zero-order chi connectivity index (χ0) is 12.3. The Kier molecular flexibility index (Phi) is 4.36. The Morgan fingerprint density at radius 3 is 2.88 bits per heavy atom. The number of hydrogen-bond acceptors (Lipinski definition) is 4.